The molecule has 2 N–H and O–H groups in total. The zero-order valence-corrected chi connectivity index (χ0v) is 10.9. The molecule has 0 aliphatic carbocycles. The van der Waals surface area contributed by atoms with E-state index in [0.717, 1.165) is 18.5 Å². The Morgan fingerprint density at radius 1 is 1.41 bits per heavy atom. The summed E-state index contributed by atoms with van der Waals surface area (Å²) in [6, 6.07) is 7.83. The monoisotopic (exact) mass is 234 g/mol. The van der Waals surface area contributed by atoms with Gasteiger partial charge in [-0.1, -0.05) is 19.1 Å². The second-order valence-electron chi connectivity index (χ2n) is 4.36. The zero-order valence-electron chi connectivity index (χ0n) is 10.9. The van der Waals surface area contributed by atoms with Gasteiger partial charge in [-0.25, -0.2) is 0 Å². The number of nitrogen functional groups attached to an aromatic ring is 1. The van der Waals surface area contributed by atoms with Crippen LogP contribution in [0.2, 0.25) is 0 Å². The van der Waals surface area contributed by atoms with Gasteiger partial charge in [0, 0.05) is 18.3 Å². The Morgan fingerprint density at radius 2 is 2.12 bits per heavy atom. The average Bonchev–Trinajstić information content (AvgIpc) is 2.29. The van der Waals surface area contributed by atoms with E-state index in [4.69, 9.17) is 5.73 Å². The van der Waals surface area contributed by atoms with Crippen molar-refractivity contribution in [1.29, 1.82) is 0 Å². The molecule has 1 amide bonds. The fraction of sp³-hybridized carbons (Fsp3) is 0.500. The highest BCUT2D eigenvalue weighted by Gasteiger charge is 2.16. The number of amides is 1. The second kappa shape index (κ2) is 6.28. The Hall–Kier alpha value is -1.51. The van der Waals surface area contributed by atoms with Crippen LogP contribution in [0.15, 0.2) is 24.3 Å². The van der Waals surface area contributed by atoms with Crippen molar-refractivity contribution >= 4 is 11.6 Å². The smallest absolute Gasteiger partial charge is 0.227 e. The number of hydrogen-bond donors (Lipinski definition) is 1. The highest BCUT2D eigenvalue weighted by Crippen LogP contribution is 2.11. The van der Waals surface area contributed by atoms with Gasteiger partial charge in [-0.05, 0) is 38.0 Å². The van der Waals surface area contributed by atoms with E-state index in [0.29, 0.717) is 18.2 Å². The molecule has 3 nitrogen and oxygen atoms in total. The molecule has 94 valence electrons. The maximum Gasteiger partial charge on any atom is 0.227 e. The minimum atomic E-state index is 0.174. The fourth-order valence-electron chi connectivity index (χ4n) is 1.93. The molecule has 0 aromatic heterocycles. The molecule has 0 spiro atoms. The van der Waals surface area contributed by atoms with Crippen LogP contribution in [0.1, 0.15) is 32.8 Å². The Kier molecular flexibility index (Phi) is 5.01. The fourth-order valence-corrected chi connectivity index (χ4v) is 1.93. The molecule has 3 heteroatoms. The van der Waals surface area contributed by atoms with Gasteiger partial charge in [-0.15, -0.1) is 0 Å². The van der Waals surface area contributed by atoms with Gasteiger partial charge >= 0.3 is 0 Å². The van der Waals surface area contributed by atoms with E-state index < -0.39 is 0 Å². The Morgan fingerprint density at radius 3 is 2.65 bits per heavy atom. The van der Waals surface area contributed by atoms with E-state index in [1.54, 1.807) is 0 Å². The van der Waals surface area contributed by atoms with Crippen molar-refractivity contribution in [3.8, 4) is 0 Å². The topological polar surface area (TPSA) is 46.3 Å². The van der Waals surface area contributed by atoms with Crippen LogP contribution in [0.3, 0.4) is 0 Å². The van der Waals surface area contributed by atoms with E-state index in [1.807, 2.05) is 36.1 Å². The molecule has 1 unspecified atom stereocenters. The number of hydrogen-bond acceptors (Lipinski definition) is 2. The van der Waals surface area contributed by atoms with Gasteiger partial charge < -0.3 is 10.6 Å². The lowest BCUT2D eigenvalue weighted by molar-refractivity contribution is -0.132. The maximum absolute atomic E-state index is 12.1. The quantitative estimate of drug-likeness (QED) is 0.795. The minimum Gasteiger partial charge on any atom is -0.399 e. The SMILES string of the molecule is CCC(C)N(CC)C(=O)Cc1cccc(N)c1. The molecule has 0 radical (unpaired) electrons. The predicted molar refractivity (Wildman–Crippen MR) is 71.7 cm³/mol. The van der Waals surface area contributed by atoms with Gasteiger partial charge in [0.2, 0.25) is 5.91 Å². The maximum atomic E-state index is 12.1. The molecular weight excluding hydrogens is 212 g/mol. The molecule has 0 aliphatic heterocycles. The van der Waals surface area contributed by atoms with E-state index in [-0.39, 0.29) is 5.91 Å². The molecule has 0 aliphatic rings. The lowest BCUT2D eigenvalue weighted by Crippen LogP contribution is -2.39. The molecule has 0 saturated heterocycles. The minimum absolute atomic E-state index is 0.174. The number of anilines is 1. The summed E-state index contributed by atoms with van der Waals surface area (Å²) in [6.45, 7) is 6.96. The number of carbonyl (C=O) groups excluding carboxylic acids is 1. The van der Waals surface area contributed by atoms with Crippen LogP contribution in [-0.4, -0.2) is 23.4 Å². The summed E-state index contributed by atoms with van der Waals surface area (Å²) in [7, 11) is 0. The van der Waals surface area contributed by atoms with Gasteiger partial charge in [0.1, 0.15) is 0 Å². The summed E-state index contributed by atoms with van der Waals surface area (Å²) in [5.41, 5.74) is 7.40. The molecular formula is C14H22N2O. The highest BCUT2D eigenvalue weighted by atomic mass is 16.2. The molecule has 0 saturated carbocycles. The van der Waals surface area contributed by atoms with E-state index >= 15 is 0 Å². The molecule has 0 heterocycles. The first kappa shape index (κ1) is 13.6. The number of benzene rings is 1. The number of likely N-dealkylation sites (N-methyl/N-ethyl adjacent to an activating group) is 1. The molecule has 1 atom stereocenters. The van der Waals surface area contributed by atoms with Crippen molar-refractivity contribution < 1.29 is 4.79 Å². The van der Waals surface area contributed by atoms with Gasteiger partial charge in [-0.3, -0.25) is 4.79 Å². The number of carbonyl (C=O) groups is 1. The van der Waals surface area contributed by atoms with Gasteiger partial charge in [0.05, 0.1) is 6.42 Å². The average molecular weight is 234 g/mol. The first-order valence-electron chi connectivity index (χ1n) is 6.22. The second-order valence-corrected chi connectivity index (χ2v) is 4.36. The van der Waals surface area contributed by atoms with E-state index in [2.05, 4.69) is 13.8 Å². The van der Waals surface area contributed by atoms with Gasteiger partial charge in [0.25, 0.3) is 0 Å². The van der Waals surface area contributed by atoms with Crippen LogP contribution in [0.5, 0.6) is 0 Å². The van der Waals surface area contributed by atoms with Crippen molar-refractivity contribution in [3.63, 3.8) is 0 Å². The molecule has 17 heavy (non-hydrogen) atoms. The molecule has 1 rings (SSSR count). The van der Waals surface area contributed by atoms with Gasteiger partial charge in [0.15, 0.2) is 0 Å². The Labute approximate surface area is 104 Å². The first-order valence-corrected chi connectivity index (χ1v) is 6.22. The highest BCUT2D eigenvalue weighted by molar-refractivity contribution is 5.79. The van der Waals surface area contributed by atoms with Crippen LogP contribution < -0.4 is 5.73 Å². The predicted octanol–water partition coefficient (Wildman–Crippen LogP) is 2.46. The largest absolute Gasteiger partial charge is 0.399 e. The van der Waals surface area contributed by atoms with Crippen molar-refractivity contribution in [1.82, 2.24) is 4.90 Å². The van der Waals surface area contributed by atoms with Crippen LogP contribution >= 0.6 is 0 Å². The number of rotatable bonds is 5. The first-order chi connectivity index (χ1) is 8.08. The van der Waals surface area contributed by atoms with E-state index in [9.17, 15) is 4.79 Å². The summed E-state index contributed by atoms with van der Waals surface area (Å²) in [6.07, 6.45) is 1.42. The standard InChI is InChI=1S/C14H22N2O/c1-4-11(3)16(5-2)14(17)10-12-7-6-8-13(15)9-12/h6-9,11H,4-5,10,15H2,1-3H3. The van der Waals surface area contributed by atoms with Crippen LogP contribution in [0.4, 0.5) is 5.69 Å². The molecule has 0 bridgehead atoms. The van der Waals surface area contributed by atoms with Gasteiger partial charge in [-0.2, -0.15) is 0 Å². The third-order valence-corrected chi connectivity index (χ3v) is 3.09. The third-order valence-electron chi connectivity index (χ3n) is 3.09. The summed E-state index contributed by atoms with van der Waals surface area (Å²) in [5.74, 6) is 0.174. The zero-order chi connectivity index (χ0) is 12.8. The number of nitrogens with zero attached hydrogens (tertiary/aromatic N) is 1. The van der Waals surface area contributed by atoms with Crippen molar-refractivity contribution in [2.24, 2.45) is 0 Å². The normalized spacial score (nSPS) is 12.2. The summed E-state index contributed by atoms with van der Waals surface area (Å²) in [4.78, 5) is 14.1. The Bertz CT molecular complexity index is 376. The molecule has 1 aromatic carbocycles. The molecule has 1 aromatic rings. The van der Waals surface area contributed by atoms with Crippen molar-refractivity contribution in [2.45, 2.75) is 39.7 Å². The van der Waals surface area contributed by atoms with Crippen LogP contribution in [-0.2, 0) is 11.2 Å². The summed E-state index contributed by atoms with van der Waals surface area (Å²) in [5, 5.41) is 0. The summed E-state index contributed by atoms with van der Waals surface area (Å²) >= 11 is 0. The van der Waals surface area contributed by atoms with Crippen molar-refractivity contribution in [2.75, 3.05) is 12.3 Å². The van der Waals surface area contributed by atoms with E-state index in [1.165, 1.54) is 0 Å². The summed E-state index contributed by atoms with van der Waals surface area (Å²) < 4.78 is 0. The third kappa shape index (κ3) is 3.77. The lowest BCUT2D eigenvalue weighted by Gasteiger charge is -2.27. The lowest BCUT2D eigenvalue weighted by atomic mass is 10.1. The Balaban J connectivity index is 2.70. The number of nitrogens with two attached hydrogens (primary N) is 1. The van der Waals surface area contributed by atoms with Crippen molar-refractivity contribution in [3.05, 3.63) is 29.8 Å². The molecule has 0 fully saturated rings. The van der Waals surface area contributed by atoms with Crippen LogP contribution in [0, 0.1) is 0 Å². The van der Waals surface area contributed by atoms with Crippen LogP contribution in [0.25, 0.3) is 0 Å².